The average Bonchev–Trinajstić information content (AvgIpc) is 2.41. The van der Waals surface area contributed by atoms with Gasteiger partial charge in [0, 0.05) is 10.9 Å². The Labute approximate surface area is 120 Å². The quantitative estimate of drug-likeness (QED) is 0.916. The molecule has 19 heavy (non-hydrogen) atoms. The molecule has 0 aliphatic carbocycles. The lowest BCUT2D eigenvalue weighted by molar-refractivity contribution is -0.145. The molecule has 0 unspecified atom stereocenters. The maximum Gasteiger partial charge on any atom is 0.345 e. The summed E-state index contributed by atoms with van der Waals surface area (Å²) >= 11 is 3.32. The monoisotopic (exact) mass is 320 g/mol. The van der Waals surface area contributed by atoms with Crippen LogP contribution in [0.2, 0.25) is 0 Å². The van der Waals surface area contributed by atoms with E-state index in [1.54, 1.807) is 12.1 Å². The van der Waals surface area contributed by atoms with Gasteiger partial charge in [-0.15, -0.1) is 0 Å². The zero-order chi connectivity index (χ0) is 13.7. The van der Waals surface area contributed by atoms with E-state index < -0.39 is 12.1 Å². The molecule has 1 atom stereocenters. The van der Waals surface area contributed by atoms with E-state index in [1.807, 2.05) is 42.5 Å². The Balaban J connectivity index is 2.08. The molecule has 2 aromatic rings. The van der Waals surface area contributed by atoms with Gasteiger partial charge in [0.2, 0.25) is 0 Å². The highest BCUT2D eigenvalue weighted by atomic mass is 79.9. The Bertz CT molecular complexity index is 537. The Kier molecular flexibility index (Phi) is 4.58. The molecule has 1 N–H and O–H groups in total. The maximum absolute atomic E-state index is 11.2. The summed E-state index contributed by atoms with van der Waals surface area (Å²) in [5.41, 5.74) is 0.937. The second-order valence-corrected chi connectivity index (χ2v) is 5.00. The van der Waals surface area contributed by atoms with Crippen LogP contribution in [0.25, 0.3) is 0 Å². The van der Waals surface area contributed by atoms with Crippen LogP contribution in [0, 0.1) is 0 Å². The number of halogens is 1. The Hall–Kier alpha value is -1.81. The fraction of sp³-hybridized carbons (Fsp3) is 0.133. The van der Waals surface area contributed by atoms with Crippen LogP contribution in [0.4, 0.5) is 0 Å². The van der Waals surface area contributed by atoms with E-state index in [-0.39, 0.29) is 0 Å². The largest absolute Gasteiger partial charge is 0.478 e. The molecule has 0 aliphatic rings. The van der Waals surface area contributed by atoms with Gasteiger partial charge in [-0.1, -0.05) is 46.3 Å². The van der Waals surface area contributed by atoms with Crippen LogP contribution in [-0.4, -0.2) is 17.2 Å². The lowest BCUT2D eigenvalue weighted by Crippen LogP contribution is -2.29. The predicted octanol–water partition coefficient (Wildman–Crippen LogP) is 3.52. The van der Waals surface area contributed by atoms with E-state index >= 15 is 0 Å². The number of rotatable bonds is 5. The number of aliphatic carboxylic acids is 1. The first-order chi connectivity index (χ1) is 9.15. The van der Waals surface area contributed by atoms with Crippen LogP contribution < -0.4 is 4.74 Å². The molecule has 0 spiro atoms. The summed E-state index contributed by atoms with van der Waals surface area (Å²) in [5.74, 6) is -0.418. The number of carboxylic acids is 1. The van der Waals surface area contributed by atoms with Gasteiger partial charge >= 0.3 is 5.97 Å². The van der Waals surface area contributed by atoms with Gasteiger partial charge in [0.05, 0.1) is 0 Å². The van der Waals surface area contributed by atoms with Crippen molar-refractivity contribution in [3.63, 3.8) is 0 Å². The van der Waals surface area contributed by atoms with Crippen molar-refractivity contribution < 1.29 is 14.6 Å². The number of carbonyl (C=O) groups is 1. The zero-order valence-corrected chi connectivity index (χ0v) is 11.7. The van der Waals surface area contributed by atoms with E-state index in [0.29, 0.717) is 12.2 Å². The summed E-state index contributed by atoms with van der Waals surface area (Å²) in [5, 5.41) is 9.22. The number of carboxylic acid groups (broad SMARTS) is 1. The van der Waals surface area contributed by atoms with Gasteiger partial charge in [-0.2, -0.15) is 0 Å². The van der Waals surface area contributed by atoms with Crippen molar-refractivity contribution in [2.75, 3.05) is 0 Å². The van der Waals surface area contributed by atoms with Gasteiger partial charge in [-0.05, 0) is 29.8 Å². The third-order valence-corrected chi connectivity index (χ3v) is 3.16. The lowest BCUT2D eigenvalue weighted by atomic mass is 10.1. The summed E-state index contributed by atoms with van der Waals surface area (Å²) in [6, 6.07) is 16.6. The third-order valence-electron chi connectivity index (χ3n) is 2.63. The SMILES string of the molecule is O=C(O)[C@@H](Cc1ccccc1)Oc1ccc(Br)cc1. The van der Waals surface area contributed by atoms with Crippen molar-refractivity contribution in [3.05, 3.63) is 64.6 Å². The first-order valence-corrected chi connectivity index (χ1v) is 6.63. The molecule has 3 nitrogen and oxygen atoms in total. The van der Waals surface area contributed by atoms with Crippen LogP contribution in [0.15, 0.2) is 59.1 Å². The Morgan fingerprint density at radius 1 is 1.11 bits per heavy atom. The molecule has 0 radical (unpaired) electrons. The van der Waals surface area contributed by atoms with Crippen LogP contribution in [0.3, 0.4) is 0 Å². The molecule has 98 valence electrons. The number of hydrogen-bond acceptors (Lipinski definition) is 2. The van der Waals surface area contributed by atoms with E-state index in [2.05, 4.69) is 15.9 Å². The standard InChI is InChI=1S/C15H13BrO3/c16-12-6-8-13(9-7-12)19-14(15(17)18)10-11-4-2-1-3-5-11/h1-9,14H,10H2,(H,17,18)/t14-/m1/s1. The van der Waals surface area contributed by atoms with Gasteiger partial charge in [0.1, 0.15) is 5.75 Å². The molecule has 0 saturated carbocycles. The van der Waals surface area contributed by atoms with Crippen molar-refractivity contribution in [2.24, 2.45) is 0 Å². The maximum atomic E-state index is 11.2. The topological polar surface area (TPSA) is 46.5 Å². The second kappa shape index (κ2) is 6.38. The smallest absolute Gasteiger partial charge is 0.345 e. The molecule has 0 saturated heterocycles. The lowest BCUT2D eigenvalue weighted by Gasteiger charge is -2.15. The minimum atomic E-state index is -0.966. The molecular weight excluding hydrogens is 308 g/mol. The fourth-order valence-electron chi connectivity index (χ4n) is 1.68. The highest BCUT2D eigenvalue weighted by Crippen LogP contribution is 2.18. The number of hydrogen-bond donors (Lipinski definition) is 1. The van der Waals surface area contributed by atoms with E-state index in [0.717, 1.165) is 10.0 Å². The van der Waals surface area contributed by atoms with Gasteiger partial charge < -0.3 is 9.84 Å². The molecule has 0 fully saturated rings. The van der Waals surface area contributed by atoms with Crippen molar-refractivity contribution in [3.8, 4) is 5.75 Å². The molecule has 2 rings (SSSR count). The third kappa shape index (κ3) is 4.10. The Morgan fingerprint density at radius 3 is 2.32 bits per heavy atom. The minimum Gasteiger partial charge on any atom is -0.478 e. The average molecular weight is 321 g/mol. The normalized spacial score (nSPS) is 11.8. The first kappa shape index (κ1) is 13.6. The van der Waals surface area contributed by atoms with Crippen molar-refractivity contribution in [1.82, 2.24) is 0 Å². The fourth-order valence-corrected chi connectivity index (χ4v) is 1.95. The summed E-state index contributed by atoms with van der Waals surface area (Å²) in [6.07, 6.45) is -0.546. The molecule has 2 aromatic carbocycles. The zero-order valence-electron chi connectivity index (χ0n) is 10.1. The van der Waals surface area contributed by atoms with Crippen LogP contribution in [-0.2, 0) is 11.2 Å². The summed E-state index contributed by atoms with van der Waals surface area (Å²) in [6.45, 7) is 0. The van der Waals surface area contributed by atoms with Crippen LogP contribution in [0.5, 0.6) is 5.75 Å². The minimum absolute atomic E-state index is 0.340. The van der Waals surface area contributed by atoms with Crippen molar-refractivity contribution in [2.45, 2.75) is 12.5 Å². The second-order valence-electron chi connectivity index (χ2n) is 4.09. The molecule has 0 heterocycles. The number of benzene rings is 2. The van der Waals surface area contributed by atoms with Gasteiger partial charge in [0.15, 0.2) is 6.10 Å². The summed E-state index contributed by atoms with van der Waals surface area (Å²) < 4.78 is 6.44. The van der Waals surface area contributed by atoms with Crippen molar-refractivity contribution >= 4 is 21.9 Å². The summed E-state index contributed by atoms with van der Waals surface area (Å²) in [7, 11) is 0. The molecular formula is C15H13BrO3. The van der Waals surface area contributed by atoms with Crippen LogP contribution >= 0.6 is 15.9 Å². The predicted molar refractivity (Wildman–Crippen MR) is 76.3 cm³/mol. The van der Waals surface area contributed by atoms with E-state index in [4.69, 9.17) is 4.74 Å². The number of ether oxygens (including phenoxy) is 1. The summed E-state index contributed by atoms with van der Waals surface area (Å²) in [4.78, 5) is 11.2. The first-order valence-electron chi connectivity index (χ1n) is 5.84. The van der Waals surface area contributed by atoms with E-state index in [9.17, 15) is 9.90 Å². The molecule has 0 aromatic heterocycles. The molecule has 0 bridgehead atoms. The van der Waals surface area contributed by atoms with Crippen LogP contribution in [0.1, 0.15) is 5.56 Å². The van der Waals surface area contributed by atoms with Crippen molar-refractivity contribution in [1.29, 1.82) is 0 Å². The van der Waals surface area contributed by atoms with Gasteiger partial charge in [0.25, 0.3) is 0 Å². The Morgan fingerprint density at radius 2 is 1.74 bits per heavy atom. The van der Waals surface area contributed by atoms with E-state index in [1.165, 1.54) is 0 Å². The highest BCUT2D eigenvalue weighted by molar-refractivity contribution is 9.10. The molecule has 0 amide bonds. The van der Waals surface area contributed by atoms with Gasteiger partial charge in [-0.25, -0.2) is 4.79 Å². The highest BCUT2D eigenvalue weighted by Gasteiger charge is 2.19. The molecule has 4 heteroatoms. The molecule has 0 aliphatic heterocycles. The van der Waals surface area contributed by atoms with Gasteiger partial charge in [-0.3, -0.25) is 0 Å².